The molecule has 1 amide bonds. The predicted octanol–water partition coefficient (Wildman–Crippen LogP) is 4.31. The maximum absolute atomic E-state index is 11.9. The van der Waals surface area contributed by atoms with Crippen molar-refractivity contribution in [1.82, 2.24) is 4.90 Å². The van der Waals surface area contributed by atoms with Crippen molar-refractivity contribution in [2.75, 3.05) is 19.7 Å². The number of halogens is 1. The molecule has 1 aliphatic heterocycles. The number of nitrogens with zero attached hydrogens (tertiary/aromatic N) is 1. The third kappa shape index (κ3) is 3.26. The topological polar surface area (TPSA) is 29.5 Å². The Morgan fingerprint density at radius 1 is 1.40 bits per heavy atom. The highest BCUT2D eigenvalue weighted by atomic mass is 35.5. The molecule has 4 heteroatoms. The summed E-state index contributed by atoms with van der Waals surface area (Å²) in [4.78, 5) is 13.7. The quantitative estimate of drug-likeness (QED) is 0.813. The van der Waals surface area contributed by atoms with Crippen LogP contribution in [0.3, 0.4) is 0 Å². The first-order valence-electron chi connectivity index (χ1n) is 7.11. The van der Waals surface area contributed by atoms with Crippen LogP contribution in [0.15, 0.2) is 24.3 Å². The molecule has 20 heavy (non-hydrogen) atoms. The van der Waals surface area contributed by atoms with Crippen molar-refractivity contribution in [1.29, 1.82) is 0 Å². The molecular weight excluding hydrogens is 274 g/mol. The third-order valence-corrected chi connectivity index (χ3v) is 4.28. The largest absolute Gasteiger partial charge is 0.450 e. The summed E-state index contributed by atoms with van der Waals surface area (Å²) in [7, 11) is 0. The summed E-state index contributed by atoms with van der Waals surface area (Å²) >= 11 is 5.95. The van der Waals surface area contributed by atoms with Gasteiger partial charge in [-0.25, -0.2) is 4.79 Å². The average Bonchev–Trinajstić information content (AvgIpc) is 2.39. The molecule has 1 saturated heterocycles. The Kier molecular flexibility index (Phi) is 4.59. The first-order valence-corrected chi connectivity index (χ1v) is 7.49. The van der Waals surface area contributed by atoms with E-state index in [9.17, 15) is 4.79 Å². The number of carbonyl (C=O) groups is 1. The Balaban J connectivity index is 2.11. The summed E-state index contributed by atoms with van der Waals surface area (Å²) in [6.07, 6.45) is 0.753. The average molecular weight is 296 g/mol. The lowest BCUT2D eigenvalue weighted by atomic mass is 9.70. The molecule has 1 fully saturated rings. The van der Waals surface area contributed by atoms with E-state index in [0.29, 0.717) is 12.5 Å². The van der Waals surface area contributed by atoms with Crippen molar-refractivity contribution < 1.29 is 9.53 Å². The minimum atomic E-state index is -0.199. The monoisotopic (exact) mass is 295 g/mol. The van der Waals surface area contributed by atoms with Crippen LogP contribution in [0.4, 0.5) is 4.79 Å². The molecule has 0 radical (unpaired) electrons. The van der Waals surface area contributed by atoms with Crippen LogP contribution in [0.1, 0.15) is 38.7 Å². The van der Waals surface area contributed by atoms with Crippen molar-refractivity contribution >= 4 is 17.7 Å². The number of ether oxygens (including phenoxy) is 1. The van der Waals surface area contributed by atoms with Gasteiger partial charge in [0.1, 0.15) is 0 Å². The van der Waals surface area contributed by atoms with E-state index in [4.69, 9.17) is 16.3 Å². The van der Waals surface area contributed by atoms with Crippen molar-refractivity contribution in [3.63, 3.8) is 0 Å². The van der Waals surface area contributed by atoms with E-state index in [2.05, 4.69) is 26.0 Å². The Morgan fingerprint density at radius 2 is 2.05 bits per heavy atom. The van der Waals surface area contributed by atoms with Gasteiger partial charge in [-0.15, -0.1) is 0 Å². The standard InChI is InChI=1S/C16H22ClNO2/c1-4-20-15(19)18-10-9-14(16(2,3)11-18)12-5-7-13(17)8-6-12/h5-8,14H,4,9-11H2,1-3H3/t14-/m0/s1. The van der Waals surface area contributed by atoms with Crippen molar-refractivity contribution in [3.8, 4) is 0 Å². The minimum Gasteiger partial charge on any atom is -0.450 e. The van der Waals surface area contributed by atoms with Gasteiger partial charge in [0, 0.05) is 18.1 Å². The maximum atomic E-state index is 11.9. The summed E-state index contributed by atoms with van der Waals surface area (Å²) in [6.45, 7) is 8.14. The lowest BCUT2D eigenvalue weighted by Crippen LogP contribution is -2.47. The second-order valence-corrected chi connectivity index (χ2v) is 6.44. The zero-order chi connectivity index (χ0) is 14.8. The first-order chi connectivity index (χ1) is 9.44. The second kappa shape index (κ2) is 6.04. The number of hydrogen-bond donors (Lipinski definition) is 0. The van der Waals surface area contributed by atoms with Crippen LogP contribution in [-0.4, -0.2) is 30.7 Å². The highest BCUT2D eigenvalue weighted by molar-refractivity contribution is 6.30. The number of piperidine rings is 1. The zero-order valence-corrected chi connectivity index (χ0v) is 13.1. The molecule has 3 nitrogen and oxygen atoms in total. The summed E-state index contributed by atoms with van der Waals surface area (Å²) in [5.41, 5.74) is 1.32. The summed E-state index contributed by atoms with van der Waals surface area (Å²) in [6, 6.07) is 8.05. The molecule has 0 aliphatic carbocycles. The van der Waals surface area contributed by atoms with Gasteiger partial charge in [-0.3, -0.25) is 0 Å². The van der Waals surface area contributed by atoms with Crippen LogP contribution < -0.4 is 0 Å². The predicted molar refractivity (Wildman–Crippen MR) is 81.2 cm³/mol. The normalized spacial score (nSPS) is 21.6. The fourth-order valence-corrected chi connectivity index (χ4v) is 3.17. The Morgan fingerprint density at radius 3 is 2.60 bits per heavy atom. The van der Waals surface area contributed by atoms with E-state index in [1.165, 1.54) is 5.56 Å². The maximum Gasteiger partial charge on any atom is 0.409 e. The summed E-state index contributed by atoms with van der Waals surface area (Å²) < 4.78 is 5.10. The molecule has 0 spiro atoms. The van der Waals surface area contributed by atoms with E-state index in [-0.39, 0.29) is 11.5 Å². The number of benzene rings is 1. The molecule has 0 bridgehead atoms. The summed E-state index contributed by atoms with van der Waals surface area (Å²) in [5.74, 6) is 0.436. The second-order valence-electron chi connectivity index (χ2n) is 6.00. The Hall–Kier alpha value is -1.22. The van der Waals surface area contributed by atoms with Crippen LogP contribution in [-0.2, 0) is 4.74 Å². The van der Waals surface area contributed by atoms with Gasteiger partial charge < -0.3 is 9.64 Å². The van der Waals surface area contributed by atoms with Gasteiger partial charge in [0.05, 0.1) is 6.61 Å². The number of hydrogen-bond acceptors (Lipinski definition) is 2. The van der Waals surface area contributed by atoms with Crippen LogP contribution in [0, 0.1) is 5.41 Å². The molecular formula is C16H22ClNO2. The zero-order valence-electron chi connectivity index (χ0n) is 12.4. The number of likely N-dealkylation sites (tertiary alicyclic amines) is 1. The Bertz CT molecular complexity index is 470. The minimum absolute atomic E-state index is 0.0266. The molecule has 1 atom stereocenters. The molecule has 2 rings (SSSR count). The Labute approximate surface area is 125 Å². The van der Waals surface area contributed by atoms with Crippen molar-refractivity contribution in [2.45, 2.75) is 33.1 Å². The van der Waals surface area contributed by atoms with Gasteiger partial charge in [0.25, 0.3) is 0 Å². The van der Waals surface area contributed by atoms with E-state index in [1.807, 2.05) is 24.0 Å². The van der Waals surface area contributed by atoms with E-state index >= 15 is 0 Å². The van der Waals surface area contributed by atoms with Crippen molar-refractivity contribution in [2.24, 2.45) is 5.41 Å². The lowest BCUT2D eigenvalue weighted by Gasteiger charge is -2.44. The summed E-state index contributed by atoms with van der Waals surface area (Å²) in [5, 5.41) is 0.760. The molecule has 1 aliphatic rings. The van der Waals surface area contributed by atoms with Gasteiger partial charge >= 0.3 is 6.09 Å². The van der Waals surface area contributed by atoms with Gasteiger partial charge in [-0.1, -0.05) is 37.6 Å². The van der Waals surface area contributed by atoms with Crippen LogP contribution >= 0.6 is 11.6 Å². The fourth-order valence-electron chi connectivity index (χ4n) is 3.04. The van der Waals surface area contributed by atoms with Gasteiger partial charge in [-0.2, -0.15) is 0 Å². The third-order valence-electron chi connectivity index (χ3n) is 4.03. The molecule has 1 aromatic rings. The van der Waals surface area contributed by atoms with E-state index in [0.717, 1.165) is 24.5 Å². The molecule has 110 valence electrons. The number of carbonyl (C=O) groups excluding carboxylic acids is 1. The lowest BCUT2D eigenvalue weighted by molar-refractivity contribution is 0.0597. The highest BCUT2D eigenvalue weighted by Crippen LogP contribution is 2.42. The van der Waals surface area contributed by atoms with Crippen molar-refractivity contribution in [3.05, 3.63) is 34.9 Å². The number of amides is 1. The van der Waals surface area contributed by atoms with Crippen LogP contribution in [0.5, 0.6) is 0 Å². The van der Waals surface area contributed by atoms with Crippen LogP contribution in [0.25, 0.3) is 0 Å². The highest BCUT2D eigenvalue weighted by Gasteiger charge is 2.38. The fraction of sp³-hybridized carbons (Fsp3) is 0.562. The molecule has 1 aromatic carbocycles. The van der Waals surface area contributed by atoms with Gasteiger partial charge in [-0.05, 0) is 42.4 Å². The molecule has 0 unspecified atom stereocenters. The molecule has 0 N–H and O–H groups in total. The molecule has 0 aromatic heterocycles. The smallest absolute Gasteiger partial charge is 0.409 e. The molecule has 0 saturated carbocycles. The first kappa shape index (κ1) is 15.2. The van der Waals surface area contributed by atoms with Gasteiger partial charge in [0.15, 0.2) is 0 Å². The van der Waals surface area contributed by atoms with E-state index < -0.39 is 0 Å². The molecule has 1 heterocycles. The number of rotatable bonds is 2. The van der Waals surface area contributed by atoms with E-state index in [1.54, 1.807) is 0 Å². The van der Waals surface area contributed by atoms with Crippen LogP contribution in [0.2, 0.25) is 5.02 Å². The SMILES string of the molecule is CCOC(=O)N1CC[C@@H](c2ccc(Cl)cc2)C(C)(C)C1. The van der Waals surface area contributed by atoms with Gasteiger partial charge in [0.2, 0.25) is 0 Å².